The monoisotopic (exact) mass is 286 g/mol. The molecule has 0 radical (unpaired) electrons. The molecular weight excluding hydrogens is 276 g/mol. The quantitative estimate of drug-likeness (QED) is 0.797. The molecule has 1 aromatic carbocycles. The number of benzene rings is 1. The van der Waals surface area contributed by atoms with E-state index in [9.17, 15) is 0 Å². The zero-order valence-electron chi connectivity index (χ0n) is 10.4. The average molecular weight is 287 g/mol. The molecule has 0 bridgehead atoms. The molecule has 0 fully saturated rings. The predicted octanol–water partition coefficient (Wildman–Crippen LogP) is 2.32. The smallest absolute Gasteiger partial charge is 0.241 e. The summed E-state index contributed by atoms with van der Waals surface area (Å²) in [5.74, 6) is 0.857. The molecule has 0 spiro atoms. The molecule has 0 saturated heterocycles. The number of anilines is 1. The first kappa shape index (κ1) is 12.6. The van der Waals surface area contributed by atoms with Crippen LogP contribution in [-0.2, 0) is 6.54 Å². The Morgan fingerprint density at radius 2 is 1.95 bits per heavy atom. The second kappa shape index (κ2) is 5.66. The molecule has 0 unspecified atom stereocenters. The summed E-state index contributed by atoms with van der Waals surface area (Å²) in [6.45, 7) is 0.616. The molecule has 0 aliphatic heterocycles. The molecular formula is C13H11ClN6. The first-order valence-electron chi connectivity index (χ1n) is 5.99. The second-order valence-electron chi connectivity index (χ2n) is 4.04. The van der Waals surface area contributed by atoms with Crippen molar-refractivity contribution in [3.05, 3.63) is 59.9 Å². The topological polar surface area (TPSA) is 68.5 Å². The zero-order chi connectivity index (χ0) is 13.8. The standard InChI is InChI=1S/C13H11ClN6/c14-11-17-12(16-8-10-4-2-1-3-5-10)19-13(18-11)20-7-6-15-9-20/h1-7,9H,8H2,(H,16,17,18,19). The van der Waals surface area contributed by atoms with E-state index in [0.717, 1.165) is 5.56 Å². The third-order valence-electron chi connectivity index (χ3n) is 2.63. The Morgan fingerprint density at radius 3 is 2.70 bits per heavy atom. The van der Waals surface area contributed by atoms with Gasteiger partial charge in [-0.05, 0) is 17.2 Å². The van der Waals surface area contributed by atoms with Crippen LogP contribution in [0.15, 0.2) is 49.1 Å². The summed E-state index contributed by atoms with van der Waals surface area (Å²) in [5.41, 5.74) is 1.13. The zero-order valence-corrected chi connectivity index (χ0v) is 11.2. The molecule has 0 saturated carbocycles. The Kier molecular flexibility index (Phi) is 3.56. The maximum atomic E-state index is 5.91. The summed E-state index contributed by atoms with van der Waals surface area (Å²) >= 11 is 5.91. The summed E-state index contributed by atoms with van der Waals surface area (Å²) in [7, 11) is 0. The van der Waals surface area contributed by atoms with Crippen molar-refractivity contribution in [3.8, 4) is 5.95 Å². The van der Waals surface area contributed by atoms with Crippen LogP contribution in [0, 0.1) is 0 Å². The molecule has 0 aliphatic rings. The normalized spacial score (nSPS) is 10.4. The lowest BCUT2D eigenvalue weighted by Gasteiger charge is -2.07. The van der Waals surface area contributed by atoms with Crippen LogP contribution < -0.4 is 5.32 Å². The van der Waals surface area contributed by atoms with E-state index in [1.807, 2.05) is 30.3 Å². The molecule has 0 atom stereocenters. The van der Waals surface area contributed by atoms with Crippen LogP contribution in [0.5, 0.6) is 0 Å². The summed E-state index contributed by atoms with van der Waals surface area (Å²) in [4.78, 5) is 16.4. The van der Waals surface area contributed by atoms with Crippen molar-refractivity contribution in [2.24, 2.45) is 0 Å². The summed E-state index contributed by atoms with van der Waals surface area (Å²) in [6.07, 6.45) is 4.99. The molecule has 20 heavy (non-hydrogen) atoms. The molecule has 0 aliphatic carbocycles. The average Bonchev–Trinajstić information content (AvgIpc) is 3.00. The molecule has 0 amide bonds. The lowest BCUT2D eigenvalue weighted by Crippen LogP contribution is -2.08. The van der Waals surface area contributed by atoms with Gasteiger partial charge >= 0.3 is 0 Å². The SMILES string of the molecule is Clc1nc(NCc2ccccc2)nc(-n2ccnc2)n1. The van der Waals surface area contributed by atoms with Crippen molar-refractivity contribution >= 4 is 17.5 Å². The second-order valence-corrected chi connectivity index (χ2v) is 4.38. The summed E-state index contributed by atoms with van der Waals surface area (Å²) < 4.78 is 1.67. The lowest BCUT2D eigenvalue weighted by atomic mass is 10.2. The molecule has 6 nitrogen and oxygen atoms in total. The van der Waals surface area contributed by atoms with Gasteiger partial charge in [-0.3, -0.25) is 4.57 Å². The molecule has 3 aromatic rings. The van der Waals surface area contributed by atoms with Crippen LogP contribution in [0.25, 0.3) is 5.95 Å². The summed E-state index contributed by atoms with van der Waals surface area (Å²) in [6, 6.07) is 9.97. The highest BCUT2D eigenvalue weighted by Gasteiger charge is 2.06. The Balaban J connectivity index is 1.80. The van der Waals surface area contributed by atoms with Crippen LogP contribution >= 0.6 is 11.6 Å². The molecule has 100 valence electrons. The minimum Gasteiger partial charge on any atom is -0.350 e. The molecule has 3 rings (SSSR count). The van der Waals surface area contributed by atoms with Crippen molar-refractivity contribution in [3.63, 3.8) is 0 Å². The van der Waals surface area contributed by atoms with E-state index in [0.29, 0.717) is 18.4 Å². The van der Waals surface area contributed by atoms with Gasteiger partial charge in [0.1, 0.15) is 6.33 Å². The van der Waals surface area contributed by atoms with Crippen molar-refractivity contribution in [1.82, 2.24) is 24.5 Å². The Morgan fingerprint density at radius 1 is 1.10 bits per heavy atom. The van der Waals surface area contributed by atoms with Crippen molar-refractivity contribution in [2.75, 3.05) is 5.32 Å². The third-order valence-corrected chi connectivity index (χ3v) is 2.79. The van der Waals surface area contributed by atoms with Crippen LogP contribution in [0.2, 0.25) is 5.28 Å². The van der Waals surface area contributed by atoms with Crippen molar-refractivity contribution in [2.45, 2.75) is 6.54 Å². The minimum atomic E-state index is 0.138. The molecule has 2 aromatic heterocycles. The van der Waals surface area contributed by atoms with E-state index >= 15 is 0 Å². The highest BCUT2D eigenvalue weighted by atomic mass is 35.5. The molecule has 1 N–H and O–H groups in total. The van der Waals surface area contributed by atoms with Crippen molar-refractivity contribution < 1.29 is 0 Å². The fourth-order valence-electron chi connectivity index (χ4n) is 1.69. The van der Waals surface area contributed by atoms with E-state index in [2.05, 4.69) is 25.3 Å². The number of rotatable bonds is 4. The fourth-order valence-corrected chi connectivity index (χ4v) is 1.84. The van der Waals surface area contributed by atoms with Gasteiger partial charge in [0.05, 0.1) is 0 Å². The summed E-state index contributed by atoms with van der Waals surface area (Å²) in [5, 5.41) is 3.26. The largest absolute Gasteiger partial charge is 0.350 e. The number of aromatic nitrogens is 5. The van der Waals surface area contributed by atoms with E-state index < -0.39 is 0 Å². The van der Waals surface area contributed by atoms with E-state index in [1.165, 1.54) is 0 Å². The van der Waals surface area contributed by atoms with Crippen molar-refractivity contribution in [1.29, 1.82) is 0 Å². The van der Waals surface area contributed by atoms with E-state index in [4.69, 9.17) is 11.6 Å². The molecule has 7 heteroatoms. The van der Waals surface area contributed by atoms with Crippen LogP contribution in [0.4, 0.5) is 5.95 Å². The van der Waals surface area contributed by atoms with Gasteiger partial charge in [0, 0.05) is 18.9 Å². The maximum Gasteiger partial charge on any atom is 0.241 e. The van der Waals surface area contributed by atoms with Gasteiger partial charge in [0.25, 0.3) is 0 Å². The van der Waals surface area contributed by atoms with Gasteiger partial charge in [-0.15, -0.1) is 0 Å². The van der Waals surface area contributed by atoms with Gasteiger partial charge in [0.2, 0.25) is 17.2 Å². The van der Waals surface area contributed by atoms with Crippen LogP contribution in [0.3, 0.4) is 0 Å². The number of nitrogens with zero attached hydrogens (tertiary/aromatic N) is 5. The van der Waals surface area contributed by atoms with Crippen LogP contribution in [0.1, 0.15) is 5.56 Å². The van der Waals surface area contributed by atoms with Gasteiger partial charge in [-0.1, -0.05) is 30.3 Å². The number of hydrogen-bond acceptors (Lipinski definition) is 5. The number of halogens is 1. The highest BCUT2D eigenvalue weighted by Crippen LogP contribution is 2.10. The Labute approximate surface area is 120 Å². The Bertz CT molecular complexity index is 683. The first-order chi connectivity index (χ1) is 9.81. The predicted molar refractivity (Wildman–Crippen MR) is 75.7 cm³/mol. The fraction of sp³-hybridized carbons (Fsp3) is 0.0769. The lowest BCUT2D eigenvalue weighted by molar-refractivity contribution is 0.888. The first-order valence-corrected chi connectivity index (χ1v) is 6.37. The number of hydrogen-bond donors (Lipinski definition) is 1. The van der Waals surface area contributed by atoms with Gasteiger partial charge in [-0.2, -0.15) is 15.0 Å². The third kappa shape index (κ3) is 2.92. The van der Waals surface area contributed by atoms with E-state index in [-0.39, 0.29) is 5.28 Å². The molecule has 2 heterocycles. The maximum absolute atomic E-state index is 5.91. The van der Waals surface area contributed by atoms with E-state index in [1.54, 1.807) is 23.3 Å². The number of imidazole rings is 1. The highest BCUT2D eigenvalue weighted by molar-refractivity contribution is 6.28. The Hall–Kier alpha value is -2.47. The van der Waals surface area contributed by atoms with Gasteiger partial charge in [-0.25, -0.2) is 4.98 Å². The van der Waals surface area contributed by atoms with Gasteiger partial charge in [0.15, 0.2) is 0 Å². The van der Waals surface area contributed by atoms with Crippen LogP contribution in [-0.4, -0.2) is 24.5 Å². The number of nitrogens with one attached hydrogen (secondary N) is 1. The van der Waals surface area contributed by atoms with Gasteiger partial charge < -0.3 is 5.32 Å². The minimum absolute atomic E-state index is 0.138.